The average molecular weight is 261 g/mol. The summed E-state index contributed by atoms with van der Waals surface area (Å²) >= 11 is 0. The van der Waals surface area contributed by atoms with Crippen LogP contribution in [-0.4, -0.2) is 24.0 Å². The molecule has 1 amide bonds. The Labute approximate surface area is 115 Å². The lowest BCUT2D eigenvalue weighted by atomic mass is 10.1. The van der Waals surface area contributed by atoms with Gasteiger partial charge in [-0.25, -0.2) is 4.98 Å². The Balaban J connectivity index is 1.93. The quantitative estimate of drug-likeness (QED) is 0.885. The minimum Gasteiger partial charge on any atom is -0.357 e. The van der Waals surface area contributed by atoms with Crippen LogP contribution >= 0.6 is 0 Å². The van der Waals surface area contributed by atoms with Gasteiger partial charge in [-0.3, -0.25) is 4.79 Å². The van der Waals surface area contributed by atoms with E-state index in [1.807, 2.05) is 26.1 Å². The van der Waals surface area contributed by atoms with Crippen LogP contribution in [0.2, 0.25) is 0 Å². The molecule has 0 saturated carbocycles. The van der Waals surface area contributed by atoms with Gasteiger partial charge in [-0.05, 0) is 37.0 Å². The summed E-state index contributed by atoms with van der Waals surface area (Å²) in [5.41, 5.74) is 1.12. The van der Waals surface area contributed by atoms with Crippen molar-refractivity contribution in [1.82, 2.24) is 10.3 Å². The molecule has 2 rings (SSSR count). The number of aromatic nitrogens is 1. The van der Waals surface area contributed by atoms with Crippen molar-refractivity contribution in [3.63, 3.8) is 0 Å². The Morgan fingerprint density at radius 1 is 1.47 bits per heavy atom. The molecule has 1 aromatic rings. The normalized spacial score (nSPS) is 16.4. The number of hydrogen-bond donors (Lipinski definition) is 1. The molecule has 104 valence electrons. The van der Waals surface area contributed by atoms with E-state index in [9.17, 15) is 4.79 Å². The topological polar surface area (TPSA) is 45.2 Å². The molecule has 0 aliphatic carbocycles. The Bertz CT molecular complexity index is 427. The van der Waals surface area contributed by atoms with E-state index in [-0.39, 0.29) is 11.8 Å². The highest BCUT2D eigenvalue weighted by molar-refractivity contribution is 5.78. The van der Waals surface area contributed by atoms with Crippen molar-refractivity contribution in [3.8, 4) is 0 Å². The molecule has 4 nitrogen and oxygen atoms in total. The zero-order valence-electron chi connectivity index (χ0n) is 11.9. The average Bonchev–Trinajstić information content (AvgIpc) is 2.98. The molecule has 1 aromatic heterocycles. The maximum absolute atomic E-state index is 11.8. The third-order valence-corrected chi connectivity index (χ3v) is 3.77. The van der Waals surface area contributed by atoms with Gasteiger partial charge in [-0.1, -0.05) is 13.8 Å². The number of pyridine rings is 1. The molecular weight excluding hydrogens is 238 g/mol. The molecule has 0 aromatic carbocycles. The summed E-state index contributed by atoms with van der Waals surface area (Å²) in [6.07, 6.45) is 5.20. The summed E-state index contributed by atoms with van der Waals surface area (Å²) in [6, 6.07) is 4.05. The maximum Gasteiger partial charge on any atom is 0.223 e. The standard InChI is InChI=1S/C15H23N3O/c1-3-12(2)15(19)17-11-13-6-7-16-14(10-13)18-8-4-5-9-18/h6-7,10,12H,3-5,8-9,11H2,1-2H3,(H,17,19). The third-order valence-electron chi connectivity index (χ3n) is 3.77. The monoisotopic (exact) mass is 261 g/mol. The van der Waals surface area contributed by atoms with Crippen LogP contribution in [0.25, 0.3) is 0 Å². The van der Waals surface area contributed by atoms with Crippen LogP contribution in [0.3, 0.4) is 0 Å². The van der Waals surface area contributed by atoms with E-state index >= 15 is 0 Å². The first-order valence-electron chi connectivity index (χ1n) is 7.18. The Kier molecular flexibility index (Phi) is 4.77. The van der Waals surface area contributed by atoms with Gasteiger partial charge in [0.05, 0.1) is 0 Å². The van der Waals surface area contributed by atoms with E-state index in [1.165, 1.54) is 12.8 Å². The van der Waals surface area contributed by atoms with Crippen molar-refractivity contribution in [2.75, 3.05) is 18.0 Å². The second-order valence-corrected chi connectivity index (χ2v) is 5.24. The first-order chi connectivity index (χ1) is 9.20. The lowest BCUT2D eigenvalue weighted by molar-refractivity contribution is -0.124. The number of hydrogen-bond acceptors (Lipinski definition) is 3. The van der Waals surface area contributed by atoms with Crippen molar-refractivity contribution in [1.29, 1.82) is 0 Å². The fourth-order valence-electron chi connectivity index (χ4n) is 2.24. The van der Waals surface area contributed by atoms with Crippen LogP contribution in [0.4, 0.5) is 5.82 Å². The van der Waals surface area contributed by atoms with Crippen molar-refractivity contribution in [2.24, 2.45) is 5.92 Å². The number of rotatable bonds is 5. The van der Waals surface area contributed by atoms with E-state index in [4.69, 9.17) is 0 Å². The minimum absolute atomic E-state index is 0.0832. The fourth-order valence-corrected chi connectivity index (χ4v) is 2.24. The highest BCUT2D eigenvalue weighted by Gasteiger charge is 2.14. The third kappa shape index (κ3) is 3.69. The summed E-state index contributed by atoms with van der Waals surface area (Å²) in [6.45, 7) is 6.76. The maximum atomic E-state index is 11.8. The van der Waals surface area contributed by atoms with E-state index in [0.717, 1.165) is 30.9 Å². The van der Waals surface area contributed by atoms with Crippen LogP contribution in [0.1, 0.15) is 38.7 Å². The molecule has 0 radical (unpaired) electrons. The molecule has 1 fully saturated rings. The number of anilines is 1. The Morgan fingerprint density at radius 3 is 2.89 bits per heavy atom. The number of amides is 1. The first kappa shape index (κ1) is 13.8. The van der Waals surface area contributed by atoms with E-state index in [2.05, 4.69) is 21.3 Å². The fraction of sp³-hybridized carbons (Fsp3) is 0.600. The van der Waals surface area contributed by atoms with Gasteiger partial charge < -0.3 is 10.2 Å². The molecule has 1 N–H and O–H groups in total. The molecular formula is C15H23N3O. The molecule has 0 bridgehead atoms. The highest BCUT2D eigenvalue weighted by atomic mass is 16.1. The largest absolute Gasteiger partial charge is 0.357 e. The van der Waals surface area contributed by atoms with Crippen molar-refractivity contribution < 1.29 is 4.79 Å². The van der Waals surface area contributed by atoms with Gasteiger partial charge in [-0.15, -0.1) is 0 Å². The van der Waals surface area contributed by atoms with E-state index in [1.54, 1.807) is 0 Å². The smallest absolute Gasteiger partial charge is 0.223 e. The summed E-state index contributed by atoms with van der Waals surface area (Å²) in [5, 5.41) is 2.98. The van der Waals surface area contributed by atoms with Gasteiger partial charge in [0, 0.05) is 31.7 Å². The van der Waals surface area contributed by atoms with Crippen molar-refractivity contribution in [2.45, 2.75) is 39.7 Å². The SMILES string of the molecule is CCC(C)C(=O)NCc1ccnc(N2CCCC2)c1. The predicted molar refractivity (Wildman–Crippen MR) is 77.0 cm³/mol. The Morgan fingerprint density at radius 2 is 2.21 bits per heavy atom. The lowest BCUT2D eigenvalue weighted by Gasteiger charge is -2.17. The van der Waals surface area contributed by atoms with Gasteiger partial charge in [0.1, 0.15) is 5.82 Å². The minimum atomic E-state index is 0.0832. The van der Waals surface area contributed by atoms with Gasteiger partial charge in [0.2, 0.25) is 5.91 Å². The number of carbonyl (C=O) groups is 1. The summed E-state index contributed by atoms with van der Waals surface area (Å²) in [7, 11) is 0. The first-order valence-corrected chi connectivity index (χ1v) is 7.18. The van der Waals surface area contributed by atoms with E-state index < -0.39 is 0 Å². The second kappa shape index (κ2) is 6.55. The summed E-state index contributed by atoms with van der Waals surface area (Å²) in [5.74, 6) is 1.25. The second-order valence-electron chi connectivity index (χ2n) is 5.24. The van der Waals surface area contributed by atoms with Crippen LogP contribution in [-0.2, 0) is 11.3 Å². The van der Waals surface area contributed by atoms with Crippen LogP contribution in [0, 0.1) is 5.92 Å². The van der Waals surface area contributed by atoms with Crippen LogP contribution < -0.4 is 10.2 Å². The lowest BCUT2D eigenvalue weighted by Crippen LogP contribution is -2.28. The number of carbonyl (C=O) groups excluding carboxylic acids is 1. The van der Waals surface area contributed by atoms with Gasteiger partial charge in [-0.2, -0.15) is 0 Å². The molecule has 1 aliphatic rings. The zero-order valence-corrected chi connectivity index (χ0v) is 11.9. The van der Waals surface area contributed by atoms with Gasteiger partial charge in [0.15, 0.2) is 0 Å². The zero-order chi connectivity index (χ0) is 13.7. The van der Waals surface area contributed by atoms with Gasteiger partial charge >= 0.3 is 0 Å². The van der Waals surface area contributed by atoms with E-state index in [0.29, 0.717) is 6.54 Å². The summed E-state index contributed by atoms with van der Waals surface area (Å²) in [4.78, 5) is 18.5. The molecule has 1 unspecified atom stereocenters. The molecule has 4 heteroatoms. The number of nitrogens with zero attached hydrogens (tertiary/aromatic N) is 2. The highest BCUT2D eigenvalue weighted by Crippen LogP contribution is 2.18. The van der Waals surface area contributed by atoms with Crippen LogP contribution in [0.15, 0.2) is 18.3 Å². The molecule has 2 heterocycles. The molecule has 1 atom stereocenters. The molecule has 1 saturated heterocycles. The summed E-state index contributed by atoms with van der Waals surface area (Å²) < 4.78 is 0. The van der Waals surface area contributed by atoms with Crippen molar-refractivity contribution >= 4 is 11.7 Å². The van der Waals surface area contributed by atoms with Gasteiger partial charge in [0.25, 0.3) is 0 Å². The predicted octanol–water partition coefficient (Wildman–Crippen LogP) is 2.34. The van der Waals surface area contributed by atoms with Crippen LogP contribution in [0.5, 0.6) is 0 Å². The Hall–Kier alpha value is -1.58. The number of nitrogens with one attached hydrogen (secondary N) is 1. The molecule has 19 heavy (non-hydrogen) atoms. The van der Waals surface area contributed by atoms with Crippen molar-refractivity contribution in [3.05, 3.63) is 23.9 Å². The molecule has 1 aliphatic heterocycles. The molecule has 0 spiro atoms.